The van der Waals surface area contributed by atoms with Gasteiger partial charge in [0.25, 0.3) is 0 Å². The van der Waals surface area contributed by atoms with Crippen molar-refractivity contribution in [1.82, 2.24) is 4.72 Å². The molecule has 20 heavy (non-hydrogen) atoms. The van der Waals surface area contributed by atoms with Crippen molar-refractivity contribution in [3.8, 4) is 0 Å². The van der Waals surface area contributed by atoms with Crippen LogP contribution in [0.5, 0.6) is 0 Å². The number of sulfonamides is 1. The average Bonchev–Trinajstić information content (AvgIpc) is 2.38. The molecule has 0 aliphatic heterocycles. The van der Waals surface area contributed by atoms with Crippen molar-refractivity contribution in [1.29, 1.82) is 0 Å². The molecule has 1 saturated carbocycles. The van der Waals surface area contributed by atoms with Crippen LogP contribution in [0.4, 0.5) is 4.39 Å². The molecular formula is C14H20FNO3S. The van der Waals surface area contributed by atoms with Crippen molar-refractivity contribution in [3.63, 3.8) is 0 Å². The van der Waals surface area contributed by atoms with Crippen LogP contribution in [0.2, 0.25) is 0 Å². The minimum atomic E-state index is -3.45. The first-order chi connectivity index (χ1) is 9.48. The van der Waals surface area contributed by atoms with Gasteiger partial charge in [-0.1, -0.05) is 12.1 Å². The van der Waals surface area contributed by atoms with E-state index in [4.69, 9.17) is 5.11 Å². The zero-order valence-corrected chi connectivity index (χ0v) is 12.1. The highest BCUT2D eigenvalue weighted by atomic mass is 32.2. The highest BCUT2D eigenvalue weighted by molar-refractivity contribution is 7.88. The topological polar surface area (TPSA) is 66.4 Å². The third-order valence-corrected chi connectivity index (χ3v) is 5.10. The summed E-state index contributed by atoms with van der Waals surface area (Å²) in [6.07, 6.45) is 3.16. The number of aliphatic hydroxyl groups excluding tert-OH is 1. The minimum Gasteiger partial charge on any atom is -0.396 e. The van der Waals surface area contributed by atoms with Crippen molar-refractivity contribution in [2.24, 2.45) is 5.92 Å². The fraction of sp³-hybridized carbons (Fsp3) is 0.571. The zero-order chi connectivity index (χ0) is 14.6. The molecule has 4 nitrogen and oxygen atoms in total. The van der Waals surface area contributed by atoms with Crippen LogP contribution in [0.15, 0.2) is 24.3 Å². The van der Waals surface area contributed by atoms with Gasteiger partial charge in [-0.25, -0.2) is 17.5 Å². The normalized spacial score (nSPS) is 23.7. The lowest BCUT2D eigenvalue weighted by Gasteiger charge is -2.27. The van der Waals surface area contributed by atoms with Gasteiger partial charge in [0.1, 0.15) is 5.82 Å². The molecule has 2 N–H and O–H groups in total. The van der Waals surface area contributed by atoms with Crippen LogP contribution in [0.1, 0.15) is 31.2 Å². The summed E-state index contributed by atoms with van der Waals surface area (Å²) in [6, 6.07) is 5.57. The molecule has 0 heterocycles. The summed E-state index contributed by atoms with van der Waals surface area (Å²) in [7, 11) is -3.45. The summed E-state index contributed by atoms with van der Waals surface area (Å²) in [5.41, 5.74) is 0.446. The van der Waals surface area contributed by atoms with Crippen molar-refractivity contribution in [3.05, 3.63) is 35.6 Å². The van der Waals surface area contributed by atoms with Gasteiger partial charge in [-0.3, -0.25) is 0 Å². The van der Waals surface area contributed by atoms with E-state index in [0.717, 1.165) is 25.7 Å². The second-order valence-corrected chi connectivity index (χ2v) is 7.16. The molecule has 0 unspecified atom stereocenters. The molecule has 1 aromatic carbocycles. The number of hydrogen-bond acceptors (Lipinski definition) is 3. The van der Waals surface area contributed by atoms with Crippen molar-refractivity contribution in [2.75, 3.05) is 6.61 Å². The van der Waals surface area contributed by atoms with Crippen LogP contribution >= 0.6 is 0 Å². The maximum absolute atomic E-state index is 13.0. The number of hydrogen-bond donors (Lipinski definition) is 2. The summed E-state index contributed by atoms with van der Waals surface area (Å²) in [6.45, 7) is 0.169. The van der Waals surface area contributed by atoms with Gasteiger partial charge in [0.15, 0.2) is 0 Å². The molecule has 0 spiro atoms. The van der Waals surface area contributed by atoms with Gasteiger partial charge >= 0.3 is 0 Å². The first kappa shape index (κ1) is 15.4. The second kappa shape index (κ2) is 6.65. The molecule has 0 amide bonds. The maximum Gasteiger partial charge on any atom is 0.216 e. The van der Waals surface area contributed by atoms with Gasteiger partial charge in [-0.05, 0) is 49.3 Å². The van der Waals surface area contributed by atoms with Crippen LogP contribution in [0, 0.1) is 11.7 Å². The van der Waals surface area contributed by atoms with Crippen LogP contribution in [0.3, 0.4) is 0 Å². The van der Waals surface area contributed by atoms with Crippen LogP contribution in [-0.2, 0) is 15.8 Å². The highest BCUT2D eigenvalue weighted by Crippen LogP contribution is 2.24. The standard InChI is InChI=1S/C14H20FNO3S/c15-13-3-1-2-12(8-13)10-20(18,19)16-14-6-4-11(9-17)5-7-14/h1-3,8,11,14,16-17H,4-7,9-10H2. The van der Waals surface area contributed by atoms with Crippen LogP contribution in [0.25, 0.3) is 0 Å². The Morgan fingerprint density at radius 1 is 1.25 bits per heavy atom. The second-order valence-electron chi connectivity index (χ2n) is 5.41. The van der Waals surface area contributed by atoms with E-state index in [9.17, 15) is 12.8 Å². The first-order valence-corrected chi connectivity index (χ1v) is 8.49. The van der Waals surface area contributed by atoms with E-state index < -0.39 is 15.8 Å². The smallest absolute Gasteiger partial charge is 0.216 e. The Morgan fingerprint density at radius 3 is 2.55 bits per heavy atom. The third kappa shape index (κ3) is 4.54. The molecule has 1 fully saturated rings. The Hall–Kier alpha value is -0.980. The van der Waals surface area contributed by atoms with Gasteiger partial charge in [-0.2, -0.15) is 0 Å². The Morgan fingerprint density at radius 2 is 1.95 bits per heavy atom. The predicted molar refractivity (Wildman–Crippen MR) is 75.0 cm³/mol. The van der Waals surface area contributed by atoms with E-state index >= 15 is 0 Å². The molecule has 0 radical (unpaired) electrons. The largest absolute Gasteiger partial charge is 0.396 e. The Bertz CT molecular complexity index is 539. The van der Waals surface area contributed by atoms with Crippen LogP contribution in [-0.4, -0.2) is 26.2 Å². The summed E-state index contributed by atoms with van der Waals surface area (Å²) in [4.78, 5) is 0. The number of halogens is 1. The van der Waals surface area contributed by atoms with Gasteiger partial charge < -0.3 is 5.11 Å². The zero-order valence-electron chi connectivity index (χ0n) is 11.3. The van der Waals surface area contributed by atoms with Crippen molar-refractivity contribution in [2.45, 2.75) is 37.5 Å². The van der Waals surface area contributed by atoms with Gasteiger partial charge in [0.05, 0.1) is 5.75 Å². The molecule has 1 aromatic rings. The molecule has 2 rings (SSSR count). The average molecular weight is 301 g/mol. The molecule has 0 bridgehead atoms. The summed E-state index contributed by atoms with van der Waals surface area (Å²) >= 11 is 0. The summed E-state index contributed by atoms with van der Waals surface area (Å²) in [5, 5.41) is 9.06. The van der Waals surface area contributed by atoms with Gasteiger partial charge in [0, 0.05) is 12.6 Å². The Kier molecular flexibility index (Phi) is 5.12. The number of aliphatic hydroxyl groups is 1. The SMILES string of the molecule is O=S(=O)(Cc1cccc(F)c1)NC1CCC(CO)CC1. The fourth-order valence-corrected chi connectivity index (χ4v) is 4.05. The molecule has 6 heteroatoms. The molecule has 1 aliphatic rings. The molecule has 0 saturated heterocycles. The highest BCUT2D eigenvalue weighted by Gasteiger charge is 2.24. The van der Waals surface area contributed by atoms with Gasteiger partial charge in [0.2, 0.25) is 10.0 Å². The molecule has 0 atom stereocenters. The predicted octanol–water partition coefficient (Wildman–Crippen LogP) is 1.80. The quantitative estimate of drug-likeness (QED) is 0.871. The van der Waals surface area contributed by atoms with E-state index in [0.29, 0.717) is 11.5 Å². The van der Waals surface area contributed by atoms with E-state index in [-0.39, 0.29) is 18.4 Å². The maximum atomic E-state index is 13.0. The molecular weight excluding hydrogens is 281 g/mol. The van der Waals surface area contributed by atoms with Crippen molar-refractivity contribution < 1.29 is 17.9 Å². The summed E-state index contributed by atoms with van der Waals surface area (Å²) in [5.74, 6) is -0.342. The molecule has 1 aliphatic carbocycles. The monoisotopic (exact) mass is 301 g/mol. The minimum absolute atomic E-state index is 0.0728. The van der Waals surface area contributed by atoms with E-state index in [1.54, 1.807) is 6.07 Å². The lowest BCUT2D eigenvalue weighted by molar-refractivity contribution is 0.180. The lowest BCUT2D eigenvalue weighted by atomic mass is 9.87. The van der Waals surface area contributed by atoms with E-state index in [2.05, 4.69) is 4.72 Å². The summed E-state index contributed by atoms with van der Waals surface area (Å²) < 4.78 is 39.8. The number of rotatable bonds is 5. The number of nitrogens with one attached hydrogen (secondary N) is 1. The molecule has 0 aromatic heterocycles. The Labute approximate surface area is 119 Å². The number of benzene rings is 1. The van der Waals surface area contributed by atoms with Gasteiger partial charge in [-0.15, -0.1) is 0 Å². The first-order valence-electron chi connectivity index (χ1n) is 6.84. The lowest BCUT2D eigenvalue weighted by Crippen LogP contribution is -2.38. The van der Waals surface area contributed by atoms with Crippen LogP contribution < -0.4 is 4.72 Å². The van der Waals surface area contributed by atoms with Crippen molar-refractivity contribution >= 4 is 10.0 Å². The third-order valence-electron chi connectivity index (χ3n) is 3.70. The van der Waals surface area contributed by atoms with E-state index in [1.807, 2.05) is 0 Å². The Balaban J connectivity index is 1.91. The molecule has 112 valence electrons. The van der Waals surface area contributed by atoms with E-state index in [1.165, 1.54) is 18.2 Å². The fourth-order valence-electron chi connectivity index (χ4n) is 2.60.